The second kappa shape index (κ2) is 6.14. The molecule has 1 aromatic carbocycles. The van der Waals surface area contributed by atoms with Crippen LogP contribution in [0.15, 0.2) is 36.0 Å². The molecule has 1 atom stereocenters. The minimum atomic E-state index is -0.265. The maximum atomic E-state index is 13.1. The van der Waals surface area contributed by atoms with Gasteiger partial charge in [-0.3, -0.25) is 19.8 Å². The summed E-state index contributed by atoms with van der Waals surface area (Å²) in [4.78, 5) is 28.7. The quantitative estimate of drug-likeness (QED) is 0.704. The third kappa shape index (κ3) is 2.22. The molecule has 0 spiro atoms. The third-order valence-corrected chi connectivity index (χ3v) is 8.19. The Bertz CT molecular complexity index is 1560. The van der Waals surface area contributed by atoms with Crippen LogP contribution in [-0.2, 0) is 13.0 Å². The largest absolute Gasteiger partial charge is 0.372 e. The zero-order valence-electron chi connectivity index (χ0n) is 18.3. The summed E-state index contributed by atoms with van der Waals surface area (Å²) in [7, 11) is 0. The summed E-state index contributed by atoms with van der Waals surface area (Å²) in [6.45, 7) is 4.25. The Morgan fingerprint density at radius 1 is 1.00 bits per heavy atom. The highest BCUT2D eigenvalue weighted by molar-refractivity contribution is 6.29. The van der Waals surface area contributed by atoms with Crippen molar-refractivity contribution in [3.8, 4) is 0 Å². The number of fused-ring (bicyclic) bond motifs is 9. The number of allylic oxidation sites excluding steroid dienone is 2. The summed E-state index contributed by atoms with van der Waals surface area (Å²) in [6, 6.07) is 0.0318. The van der Waals surface area contributed by atoms with Gasteiger partial charge in [0.05, 0.1) is 28.4 Å². The van der Waals surface area contributed by atoms with Gasteiger partial charge in [-0.1, -0.05) is 30.4 Å². The van der Waals surface area contributed by atoms with Crippen molar-refractivity contribution in [3.63, 3.8) is 0 Å². The van der Waals surface area contributed by atoms with Crippen LogP contribution in [0.3, 0.4) is 0 Å². The monoisotopic (exact) mass is 436 g/mol. The Hall–Kier alpha value is -3.38. The fourth-order valence-corrected chi connectivity index (χ4v) is 6.70. The van der Waals surface area contributed by atoms with Crippen molar-refractivity contribution in [2.24, 2.45) is 0 Å². The summed E-state index contributed by atoms with van der Waals surface area (Å²) in [5, 5.41) is 9.57. The van der Waals surface area contributed by atoms with E-state index in [1.54, 1.807) is 0 Å². The maximum Gasteiger partial charge on any atom is 0.259 e. The number of amides is 2. The topological polar surface area (TPSA) is 66.4 Å². The van der Waals surface area contributed by atoms with Gasteiger partial charge in [-0.15, -0.1) is 0 Å². The molecule has 6 heteroatoms. The molecule has 4 aliphatic heterocycles. The Balaban J connectivity index is 1.45. The number of rotatable bonds is 2. The Morgan fingerprint density at radius 2 is 1.88 bits per heavy atom. The number of hydrogen-bond donors (Lipinski definition) is 2. The molecule has 5 heterocycles. The molecule has 2 aromatic rings. The van der Waals surface area contributed by atoms with Gasteiger partial charge in [-0.25, -0.2) is 0 Å². The first-order valence-electron chi connectivity index (χ1n) is 12.1. The van der Waals surface area contributed by atoms with Crippen LogP contribution in [0, 0.1) is 0 Å². The SMILES string of the molecule is O=C1NC(=O)c2c1c1c(c3c2c2c4n3CCCC=4C=CC2)NC2C=C(CN3CCC3)C=CC=12. The molecule has 2 aliphatic carbocycles. The van der Waals surface area contributed by atoms with Crippen molar-refractivity contribution in [1.29, 1.82) is 0 Å². The van der Waals surface area contributed by atoms with E-state index < -0.39 is 0 Å². The van der Waals surface area contributed by atoms with Gasteiger partial charge < -0.3 is 9.88 Å². The van der Waals surface area contributed by atoms with Crippen LogP contribution in [0.25, 0.3) is 22.0 Å². The molecule has 2 N–H and O–H groups in total. The molecule has 0 saturated carbocycles. The van der Waals surface area contributed by atoms with Crippen molar-refractivity contribution in [2.75, 3.05) is 25.0 Å². The molecule has 2 amide bonds. The van der Waals surface area contributed by atoms with Crippen molar-refractivity contribution >= 4 is 39.6 Å². The molecular formula is C27H24N4O2. The van der Waals surface area contributed by atoms with Crippen LogP contribution in [-0.4, -0.2) is 47.0 Å². The van der Waals surface area contributed by atoms with Crippen molar-refractivity contribution in [2.45, 2.75) is 38.3 Å². The van der Waals surface area contributed by atoms with Gasteiger partial charge >= 0.3 is 0 Å². The number of benzene rings is 1. The molecule has 8 rings (SSSR count). The second-order valence-electron chi connectivity index (χ2n) is 10.0. The molecule has 0 radical (unpaired) electrons. The highest BCUT2D eigenvalue weighted by Gasteiger charge is 2.39. The van der Waals surface area contributed by atoms with Crippen molar-refractivity contribution < 1.29 is 9.59 Å². The summed E-state index contributed by atoms with van der Waals surface area (Å²) in [5.74, 6) is -0.519. The number of likely N-dealkylation sites (tertiary alicyclic amines) is 1. The van der Waals surface area contributed by atoms with E-state index in [0.717, 1.165) is 59.7 Å². The molecule has 0 bridgehead atoms. The van der Waals surface area contributed by atoms with Crippen molar-refractivity contribution in [3.05, 3.63) is 63.2 Å². The molecule has 1 unspecified atom stereocenters. The summed E-state index contributed by atoms with van der Waals surface area (Å²) in [5.41, 5.74) is 8.25. The number of anilines is 1. The first kappa shape index (κ1) is 18.1. The van der Waals surface area contributed by atoms with E-state index in [1.165, 1.54) is 41.6 Å². The predicted octanol–water partition coefficient (Wildman–Crippen LogP) is 1.73. The second-order valence-corrected chi connectivity index (χ2v) is 10.0. The van der Waals surface area contributed by atoms with Gasteiger partial charge in [0.15, 0.2) is 0 Å². The number of imide groups is 1. The van der Waals surface area contributed by atoms with Crippen LogP contribution in [0.4, 0.5) is 5.69 Å². The normalized spacial score (nSPS) is 24.2. The van der Waals surface area contributed by atoms with Crippen molar-refractivity contribution in [1.82, 2.24) is 14.8 Å². The average molecular weight is 437 g/mol. The lowest BCUT2D eigenvalue weighted by Crippen LogP contribution is -2.38. The zero-order valence-corrected chi connectivity index (χ0v) is 18.3. The lowest BCUT2D eigenvalue weighted by Gasteiger charge is -2.32. The van der Waals surface area contributed by atoms with Gasteiger partial charge in [-0.2, -0.15) is 0 Å². The fraction of sp³-hybridized carbons (Fsp3) is 0.333. The average Bonchev–Trinajstić information content (AvgIpc) is 3.42. The van der Waals surface area contributed by atoms with E-state index in [-0.39, 0.29) is 17.9 Å². The van der Waals surface area contributed by atoms with Gasteiger partial charge in [0.25, 0.3) is 11.8 Å². The smallest absolute Gasteiger partial charge is 0.259 e. The molecule has 164 valence electrons. The highest BCUT2D eigenvalue weighted by Crippen LogP contribution is 2.39. The van der Waals surface area contributed by atoms with E-state index in [2.05, 4.69) is 50.5 Å². The Labute approximate surface area is 190 Å². The summed E-state index contributed by atoms with van der Waals surface area (Å²) in [6.07, 6.45) is 15.3. The van der Waals surface area contributed by atoms with Crippen LogP contribution >= 0.6 is 0 Å². The third-order valence-electron chi connectivity index (χ3n) is 8.19. The zero-order chi connectivity index (χ0) is 21.8. The Kier molecular flexibility index (Phi) is 3.37. The molecule has 6 nitrogen and oxygen atoms in total. The van der Waals surface area contributed by atoms with E-state index in [4.69, 9.17) is 0 Å². The van der Waals surface area contributed by atoms with E-state index in [9.17, 15) is 9.59 Å². The van der Waals surface area contributed by atoms with E-state index in [1.807, 2.05) is 0 Å². The lowest BCUT2D eigenvalue weighted by molar-refractivity contribution is 0.0880. The van der Waals surface area contributed by atoms with Crippen LogP contribution < -0.4 is 21.2 Å². The number of aromatic nitrogens is 1. The summed E-state index contributed by atoms with van der Waals surface area (Å²) < 4.78 is 2.42. The number of carbonyl (C=O) groups is 2. The van der Waals surface area contributed by atoms with Gasteiger partial charge in [-0.05, 0) is 61.1 Å². The van der Waals surface area contributed by atoms with E-state index >= 15 is 0 Å². The number of nitrogens with one attached hydrogen (secondary N) is 2. The number of hydrogen-bond acceptors (Lipinski definition) is 4. The molecule has 6 aliphatic rings. The van der Waals surface area contributed by atoms with Gasteiger partial charge in [0.2, 0.25) is 0 Å². The van der Waals surface area contributed by atoms with E-state index in [0.29, 0.717) is 11.1 Å². The molecule has 33 heavy (non-hydrogen) atoms. The molecule has 1 aromatic heterocycles. The van der Waals surface area contributed by atoms with Crippen LogP contribution in [0.1, 0.15) is 45.5 Å². The number of carbonyl (C=O) groups excluding carboxylic acids is 2. The maximum absolute atomic E-state index is 13.1. The lowest BCUT2D eigenvalue weighted by atomic mass is 9.91. The highest BCUT2D eigenvalue weighted by atomic mass is 16.2. The molecule has 1 fully saturated rings. The standard InChI is InChI=1S/C27H24N4O2/c32-26-21-19-16-8-7-14(13-30-9-3-10-30)12-18(16)28-23(19)25-20(22(21)27(33)29-26)17-6-1-4-15-5-2-11-31(25)24(15)17/h1,4,7-8,12,18,28H,2-3,5-6,9-11,13H2,(H,29,32,33). The minimum Gasteiger partial charge on any atom is -0.372 e. The first-order chi connectivity index (χ1) is 16.2. The van der Waals surface area contributed by atoms with Crippen LogP contribution in [0.2, 0.25) is 0 Å². The van der Waals surface area contributed by atoms with Gasteiger partial charge in [0.1, 0.15) is 0 Å². The molecular weight excluding hydrogens is 412 g/mol. The molecule has 1 saturated heterocycles. The Morgan fingerprint density at radius 3 is 2.73 bits per heavy atom. The fourth-order valence-electron chi connectivity index (χ4n) is 6.70. The number of aryl methyl sites for hydroxylation is 1. The first-order valence-corrected chi connectivity index (χ1v) is 12.1. The predicted molar refractivity (Wildman–Crippen MR) is 128 cm³/mol. The number of nitrogens with zero attached hydrogens (tertiary/aromatic N) is 2. The summed E-state index contributed by atoms with van der Waals surface area (Å²) >= 11 is 0. The van der Waals surface area contributed by atoms with Crippen LogP contribution in [0.5, 0.6) is 0 Å². The minimum absolute atomic E-state index is 0.0318. The van der Waals surface area contributed by atoms with Gasteiger partial charge in [0, 0.05) is 29.0 Å².